The number of benzene rings is 1. The van der Waals surface area contributed by atoms with Crippen LogP contribution < -0.4 is 10.5 Å². The Morgan fingerprint density at radius 1 is 1.57 bits per heavy atom. The highest BCUT2D eigenvalue weighted by Gasteiger charge is 2.12. The molecule has 3 N–H and O–H groups in total. The highest BCUT2D eigenvalue weighted by Crippen LogP contribution is 2.26. The summed E-state index contributed by atoms with van der Waals surface area (Å²) in [6.07, 6.45) is 0. The molecule has 0 heterocycles. The molecule has 4 heteroatoms. The van der Waals surface area contributed by atoms with Crippen molar-refractivity contribution < 1.29 is 14.2 Å². The van der Waals surface area contributed by atoms with Gasteiger partial charge in [0, 0.05) is 11.6 Å². The fraction of sp³-hybridized carbons (Fsp3) is 0.400. The molecule has 1 atom stereocenters. The van der Waals surface area contributed by atoms with Gasteiger partial charge in [0.25, 0.3) is 0 Å². The Hall–Kier alpha value is -1.13. The third-order valence-corrected chi connectivity index (χ3v) is 1.83. The fourth-order valence-electron chi connectivity index (χ4n) is 1.18. The van der Waals surface area contributed by atoms with Crippen molar-refractivity contribution in [2.45, 2.75) is 13.0 Å². The van der Waals surface area contributed by atoms with E-state index in [4.69, 9.17) is 15.6 Å². The van der Waals surface area contributed by atoms with Crippen LogP contribution in [0.4, 0.5) is 4.39 Å². The molecule has 0 aliphatic carbocycles. The number of para-hydroxylation sites is 1. The molecule has 1 aromatic rings. The van der Waals surface area contributed by atoms with Crippen LogP contribution in [-0.4, -0.2) is 18.3 Å². The first-order chi connectivity index (χ1) is 6.66. The molecule has 0 saturated carbocycles. The van der Waals surface area contributed by atoms with Crippen LogP contribution in [-0.2, 0) is 0 Å². The summed E-state index contributed by atoms with van der Waals surface area (Å²) in [5.74, 6) is -0.315. The number of rotatable bonds is 4. The largest absolute Gasteiger partial charge is 0.488 e. The van der Waals surface area contributed by atoms with Crippen LogP contribution in [0.5, 0.6) is 5.75 Å². The van der Waals surface area contributed by atoms with Gasteiger partial charge in [-0.1, -0.05) is 12.1 Å². The smallest absolute Gasteiger partial charge is 0.165 e. The van der Waals surface area contributed by atoms with Crippen molar-refractivity contribution in [3.63, 3.8) is 0 Å². The molecule has 0 spiro atoms. The Morgan fingerprint density at radius 2 is 2.29 bits per heavy atom. The first-order valence-electron chi connectivity index (χ1n) is 4.44. The zero-order chi connectivity index (χ0) is 10.6. The second-order valence-corrected chi connectivity index (χ2v) is 3.02. The van der Waals surface area contributed by atoms with E-state index in [9.17, 15) is 4.39 Å². The van der Waals surface area contributed by atoms with Crippen molar-refractivity contribution in [3.05, 3.63) is 29.6 Å². The summed E-state index contributed by atoms with van der Waals surface area (Å²) in [7, 11) is 0. The van der Waals surface area contributed by atoms with Crippen LogP contribution in [0, 0.1) is 5.82 Å². The minimum atomic E-state index is -0.451. The lowest BCUT2D eigenvalue weighted by Gasteiger charge is -2.13. The molecule has 14 heavy (non-hydrogen) atoms. The predicted molar refractivity (Wildman–Crippen MR) is 51.6 cm³/mol. The van der Waals surface area contributed by atoms with Crippen molar-refractivity contribution in [2.24, 2.45) is 5.73 Å². The van der Waals surface area contributed by atoms with Crippen molar-refractivity contribution in [3.8, 4) is 5.75 Å². The summed E-state index contributed by atoms with van der Waals surface area (Å²) in [5, 5.41) is 8.57. The number of nitrogens with two attached hydrogens (primary N) is 1. The van der Waals surface area contributed by atoms with Gasteiger partial charge in [-0.15, -0.1) is 0 Å². The average molecular weight is 199 g/mol. The van der Waals surface area contributed by atoms with Gasteiger partial charge in [-0.05, 0) is 13.0 Å². The standard InChI is InChI=1S/C10H14FNO2/c1-7(12)8-3-2-4-9(11)10(8)14-6-5-13/h2-4,7,13H,5-6,12H2,1H3/t7-/m0/s1. The Labute approximate surface area is 82.3 Å². The van der Waals surface area contributed by atoms with Crippen LogP contribution in [0.1, 0.15) is 18.5 Å². The number of hydrogen-bond donors (Lipinski definition) is 2. The zero-order valence-electron chi connectivity index (χ0n) is 8.03. The summed E-state index contributed by atoms with van der Waals surface area (Å²) < 4.78 is 18.3. The average Bonchev–Trinajstić information content (AvgIpc) is 2.15. The third kappa shape index (κ3) is 2.43. The van der Waals surface area contributed by atoms with E-state index in [2.05, 4.69) is 0 Å². The molecule has 0 unspecified atom stereocenters. The normalized spacial score (nSPS) is 12.6. The Balaban J connectivity index is 2.96. The van der Waals surface area contributed by atoms with Gasteiger partial charge in [-0.2, -0.15) is 0 Å². The summed E-state index contributed by atoms with van der Waals surface area (Å²) in [6, 6.07) is 4.30. The van der Waals surface area contributed by atoms with Gasteiger partial charge in [-0.25, -0.2) is 4.39 Å². The highest BCUT2D eigenvalue weighted by atomic mass is 19.1. The van der Waals surface area contributed by atoms with E-state index in [1.54, 1.807) is 19.1 Å². The van der Waals surface area contributed by atoms with Crippen molar-refractivity contribution in [1.82, 2.24) is 0 Å². The van der Waals surface area contributed by atoms with E-state index in [-0.39, 0.29) is 25.0 Å². The maximum atomic E-state index is 13.3. The van der Waals surface area contributed by atoms with Crippen LogP contribution >= 0.6 is 0 Å². The van der Waals surface area contributed by atoms with Crippen molar-refractivity contribution >= 4 is 0 Å². The second-order valence-electron chi connectivity index (χ2n) is 3.02. The van der Waals surface area contributed by atoms with Crippen LogP contribution in [0.25, 0.3) is 0 Å². The lowest BCUT2D eigenvalue weighted by atomic mass is 10.1. The quantitative estimate of drug-likeness (QED) is 0.766. The van der Waals surface area contributed by atoms with Gasteiger partial charge in [0.1, 0.15) is 6.61 Å². The molecule has 1 rings (SSSR count). The van der Waals surface area contributed by atoms with E-state index in [1.807, 2.05) is 0 Å². The van der Waals surface area contributed by atoms with E-state index in [0.29, 0.717) is 5.56 Å². The lowest BCUT2D eigenvalue weighted by molar-refractivity contribution is 0.195. The van der Waals surface area contributed by atoms with E-state index in [0.717, 1.165) is 0 Å². The molecular formula is C10H14FNO2. The lowest BCUT2D eigenvalue weighted by Crippen LogP contribution is -2.11. The number of ether oxygens (including phenoxy) is 1. The maximum Gasteiger partial charge on any atom is 0.165 e. The summed E-state index contributed by atoms with van der Waals surface area (Å²) >= 11 is 0. The minimum absolute atomic E-state index is 0.0701. The number of hydrogen-bond acceptors (Lipinski definition) is 3. The molecule has 0 fully saturated rings. The SMILES string of the molecule is C[C@H](N)c1cccc(F)c1OCCO. The first-order valence-corrected chi connectivity index (χ1v) is 4.44. The van der Waals surface area contributed by atoms with Crippen LogP contribution in [0.15, 0.2) is 18.2 Å². The summed E-state index contributed by atoms with van der Waals surface area (Å²) in [4.78, 5) is 0. The van der Waals surface area contributed by atoms with Gasteiger partial charge >= 0.3 is 0 Å². The molecule has 1 aromatic carbocycles. The van der Waals surface area contributed by atoms with E-state index >= 15 is 0 Å². The molecule has 0 aliphatic heterocycles. The molecule has 0 aromatic heterocycles. The summed E-state index contributed by atoms with van der Waals surface area (Å²) in [5.41, 5.74) is 6.26. The molecule has 0 radical (unpaired) electrons. The van der Waals surface area contributed by atoms with Gasteiger partial charge in [0.05, 0.1) is 6.61 Å². The van der Waals surface area contributed by atoms with Crippen molar-refractivity contribution in [2.75, 3.05) is 13.2 Å². The minimum Gasteiger partial charge on any atom is -0.488 e. The Morgan fingerprint density at radius 3 is 2.86 bits per heavy atom. The Kier molecular flexibility index (Phi) is 3.85. The highest BCUT2D eigenvalue weighted by molar-refractivity contribution is 5.36. The fourth-order valence-corrected chi connectivity index (χ4v) is 1.18. The van der Waals surface area contributed by atoms with Gasteiger partial charge in [-0.3, -0.25) is 0 Å². The van der Waals surface area contributed by atoms with Gasteiger partial charge in [0.15, 0.2) is 11.6 Å². The molecule has 0 bridgehead atoms. The number of aliphatic hydroxyl groups is 1. The molecule has 0 amide bonds. The number of aliphatic hydroxyl groups excluding tert-OH is 1. The maximum absolute atomic E-state index is 13.3. The summed E-state index contributed by atoms with van der Waals surface area (Å²) in [6.45, 7) is 1.67. The van der Waals surface area contributed by atoms with Gasteiger partial charge in [0.2, 0.25) is 0 Å². The molecule has 0 aliphatic rings. The molecule has 0 saturated heterocycles. The third-order valence-electron chi connectivity index (χ3n) is 1.83. The monoisotopic (exact) mass is 199 g/mol. The first kappa shape index (κ1) is 10.9. The van der Waals surface area contributed by atoms with Crippen molar-refractivity contribution in [1.29, 1.82) is 0 Å². The second kappa shape index (κ2) is 4.93. The van der Waals surface area contributed by atoms with E-state index in [1.165, 1.54) is 6.07 Å². The predicted octanol–water partition coefficient (Wildman–Crippen LogP) is 1.22. The number of halogens is 1. The molecule has 3 nitrogen and oxygen atoms in total. The topological polar surface area (TPSA) is 55.5 Å². The molecular weight excluding hydrogens is 185 g/mol. The van der Waals surface area contributed by atoms with Gasteiger partial charge < -0.3 is 15.6 Å². The van der Waals surface area contributed by atoms with Crippen LogP contribution in [0.3, 0.4) is 0 Å². The Bertz CT molecular complexity index is 302. The zero-order valence-corrected chi connectivity index (χ0v) is 8.03. The van der Waals surface area contributed by atoms with E-state index < -0.39 is 5.82 Å². The van der Waals surface area contributed by atoms with Crippen LogP contribution in [0.2, 0.25) is 0 Å². The molecule has 78 valence electrons.